The molecule has 2 atom stereocenters. The molecule has 41 heavy (non-hydrogen) atoms. The van der Waals surface area contributed by atoms with E-state index in [2.05, 4.69) is 79.6 Å². The number of carbonyl (C=O) groups excluding carboxylic acids is 1. The zero-order chi connectivity index (χ0) is 29.0. The fourth-order valence-corrected chi connectivity index (χ4v) is 11.0. The van der Waals surface area contributed by atoms with Gasteiger partial charge in [-0.25, -0.2) is 4.79 Å². The quantitative estimate of drug-likeness (QED) is 0.274. The second-order valence-corrected chi connectivity index (χ2v) is 16.7. The summed E-state index contributed by atoms with van der Waals surface area (Å²) in [4.78, 5) is 29.5. The summed E-state index contributed by atoms with van der Waals surface area (Å²) in [5.41, 5.74) is -0.407. The summed E-state index contributed by atoms with van der Waals surface area (Å²) in [5, 5.41) is 4.99. The lowest BCUT2D eigenvalue weighted by molar-refractivity contribution is -0.00348. The van der Waals surface area contributed by atoms with Gasteiger partial charge in [-0.1, -0.05) is 111 Å². The fourth-order valence-electron chi connectivity index (χ4n) is 5.14. The molecule has 0 aliphatic carbocycles. The summed E-state index contributed by atoms with van der Waals surface area (Å²) in [6.07, 6.45) is 0.901. The first-order chi connectivity index (χ1) is 19.7. The molecule has 0 bridgehead atoms. The Balaban J connectivity index is 1.33. The molecule has 0 unspecified atom stereocenters. The van der Waals surface area contributed by atoms with Crippen LogP contribution in [0.2, 0.25) is 10.1 Å². The van der Waals surface area contributed by atoms with Crippen molar-refractivity contribution in [3.8, 4) is 0 Å². The second-order valence-electron chi connectivity index (χ2n) is 10.8. The van der Waals surface area contributed by atoms with E-state index in [1.807, 2.05) is 18.2 Å². The van der Waals surface area contributed by atoms with Crippen LogP contribution in [0, 0.1) is 0 Å². The number of carbonyl (C=O) groups is 1. The van der Waals surface area contributed by atoms with Crippen molar-refractivity contribution in [2.24, 2.45) is 0 Å². The van der Waals surface area contributed by atoms with Crippen LogP contribution in [-0.4, -0.2) is 41.6 Å². The Morgan fingerprint density at radius 2 is 1.59 bits per heavy atom. The number of anilines is 1. The highest BCUT2D eigenvalue weighted by Crippen LogP contribution is 2.39. The topological polar surface area (TPSA) is 82.4 Å². The van der Waals surface area contributed by atoms with E-state index in [1.165, 1.54) is 21.1 Å². The highest BCUT2D eigenvalue weighted by Gasteiger charge is 2.50. The Morgan fingerprint density at radius 3 is 2.15 bits per heavy atom. The van der Waals surface area contributed by atoms with Gasteiger partial charge >= 0.3 is 5.69 Å². The van der Waals surface area contributed by atoms with Gasteiger partial charge < -0.3 is 14.5 Å². The Hall–Kier alpha value is -3.21. The summed E-state index contributed by atoms with van der Waals surface area (Å²) in [7, 11) is -2.72. The SMILES string of the molecule is CC(C)(C)[Si](OC[C@@H]1O[C@@H](n2cc(Cl)c(NC(=O)c3ccccc3)nc2=O)CS1)(c1ccccc1)c1ccccc1. The predicted octanol–water partition coefficient (Wildman–Crippen LogP) is 5.31. The number of thioether (sulfide) groups is 1. The number of hydrogen-bond donors (Lipinski definition) is 1. The van der Waals surface area contributed by atoms with Crippen molar-refractivity contribution in [2.75, 3.05) is 17.7 Å². The van der Waals surface area contributed by atoms with Crippen LogP contribution < -0.4 is 21.4 Å². The third-order valence-corrected chi connectivity index (χ3v) is 13.4. The van der Waals surface area contributed by atoms with Crippen molar-refractivity contribution in [1.82, 2.24) is 9.55 Å². The highest BCUT2D eigenvalue weighted by molar-refractivity contribution is 8.00. The van der Waals surface area contributed by atoms with Crippen LogP contribution in [0.5, 0.6) is 0 Å². The van der Waals surface area contributed by atoms with E-state index in [0.717, 1.165) is 0 Å². The van der Waals surface area contributed by atoms with Crippen LogP contribution in [-0.2, 0) is 9.16 Å². The minimum absolute atomic E-state index is 0.0130. The van der Waals surface area contributed by atoms with Gasteiger partial charge in [0.05, 0.1) is 11.6 Å². The summed E-state index contributed by atoms with van der Waals surface area (Å²) in [6, 6.07) is 29.5. The van der Waals surface area contributed by atoms with Crippen molar-refractivity contribution >= 4 is 53.8 Å². The van der Waals surface area contributed by atoms with E-state index in [1.54, 1.807) is 36.0 Å². The van der Waals surface area contributed by atoms with Gasteiger partial charge in [0.15, 0.2) is 5.82 Å². The first-order valence-corrected chi connectivity index (χ1v) is 16.7. The third kappa shape index (κ3) is 6.19. The Labute approximate surface area is 250 Å². The number of halogens is 1. The van der Waals surface area contributed by atoms with Gasteiger partial charge in [-0.05, 0) is 27.5 Å². The van der Waals surface area contributed by atoms with Crippen molar-refractivity contribution in [3.05, 3.63) is 118 Å². The smallest absolute Gasteiger partial charge is 0.351 e. The Kier molecular flexibility index (Phi) is 8.81. The molecule has 1 aliphatic rings. The molecule has 0 saturated carbocycles. The summed E-state index contributed by atoms with van der Waals surface area (Å²) in [5.74, 6) is 0.145. The standard InChI is InChI=1S/C31H32ClN3O4SSi/c1-31(2,3)41(23-15-9-5-10-16-23,24-17-11-6-12-18-24)38-20-27-39-26(21-40-27)35-19-25(32)28(34-30(35)37)33-29(36)22-13-7-4-8-14-22/h4-19,26-27H,20-21H2,1-3H3,(H,33,34,36,37)/t26-,27-/m1/s1. The number of benzene rings is 3. The average Bonchev–Trinajstić information content (AvgIpc) is 3.45. The van der Waals surface area contributed by atoms with Crippen LogP contribution in [0.15, 0.2) is 102 Å². The van der Waals surface area contributed by atoms with E-state index in [4.69, 9.17) is 20.8 Å². The first-order valence-electron chi connectivity index (χ1n) is 13.4. The molecule has 1 amide bonds. The normalized spacial score (nSPS) is 17.4. The third-order valence-electron chi connectivity index (χ3n) is 7.07. The zero-order valence-electron chi connectivity index (χ0n) is 23.1. The second kappa shape index (κ2) is 12.3. The van der Waals surface area contributed by atoms with Crippen LogP contribution in [0.3, 0.4) is 0 Å². The zero-order valence-corrected chi connectivity index (χ0v) is 25.7. The molecule has 1 aliphatic heterocycles. The lowest BCUT2D eigenvalue weighted by atomic mass is 10.2. The number of amides is 1. The molecule has 1 saturated heterocycles. The van der Waals surface area contributed by atoms with Gasteiger partial charge in [-0.15, -0.1) is 11.8 Å². The van der Waals surface area contributed by atoms with E-state index in [0.29, 0.717) is 17.9 Å². The molecule has 0 radical (unpaired) electrons. The minimum Gasteiger partial charge on any atom is -0.404 e. The van der Waals surface area contributed by atoms with Gasteiger partial charge in [0.2, 0.25) is 0 Å². The largest absolute Gasteiger partial charge is 0.404 e. The molecular weight excluding hydrogens is 574 g/mol. The van der Waals surface area contributed by atoms with E-state index >= 15 is 0 Å². The lowest BCUT2D eigenvalue weighted by Crippen LogP contribution is -2.67. The maximum Gasteiger partial charge on any atom is 0.351 e. The molecule has 1 aromatic heterocycles. The van der Waals surface area contributed by atoms with Gasteiger partial charge in [-0.2, -0.15) is 4.98 Å². The molecule has 3 aromatic carbocycles. The number of hydrogen-bond acceptors (Lipinski definition) is 6. The van der Waals surface area contributed by atoms with Crippen LogP contribution in [0.1, 0.15) is 37.4 Å². The van der Waals surface area contributed by atoms with Crippen molar-refractivity contribution < 1.29 is 14.0 Å². The van der Waals surface area contributed by atoms with Gasteiger partial charge in [0.25, 0.3) is 14.2 Å². The highest BCUT2D eigenvalue weighted by atomic mass is 35.5. The minimum atomic E-state index is -2.72. The van der Waals surface area contributed by atoms with E-state index < -0.39 is 26.1 Å². The number of aromatic nitrogens is 2. The predicted molar refractivity (Wildman–Crippen MR) is 168 cm³/mol. The van der Waals surface area contributed by atoms with Crippen LogP contribution >= 0.6 is 23.4 Å². The monoisotopic (exact) mass is 605 g/mol. The number of nitrogens with zero attached hydrogens (tertiary/aromatic N) is 2. The van der Waals surface area contributed by atoms with Crippen molar-refractivity contribution in [2.45, 2.75) is 37.5 Å². The fraction of sp³-hybridized carbons (Fsp3) is 0.258. The Bertz CT molecular complexity index is 1510. The summed E-state index contributed by atoms with van der Waals surface area (Å²) in [6.45, 7) is 7.05. The molecule has 4 aromatic rings. The number of nitrogens with one attached hydrogen (secondary N) is 1. The van der Waals surface area contributed by atoms with Gasteiger partial charge in [-0.3, -0.25) is 9.36 Å². The van der Waals surface area contributed by atoms with E-state index in [9.17, 15) is 9.59 Å². The van der Waals surface area contributed by atoms with Crippen molar-refractivity contribution in [3.63, 3.8) is 0 Å². The maximum absolute atomic E-state index is 13.0. The van der Waals surface area contributed by atoms with Crippen LogP contribution in [0.4, 0.5) is 5.82 Å². The molecule has 212 valence electrons. The van der Waals surface area contributed by atoms with Crippen LogP contribution in [0.25, 0.3) is 0 Å². The maximum atomic E-state index is 13.0. The summed E-state index contributed by atoms with van der Waals surface area (Å²) >= 11 is 8.02. The molecule has 7 nitrogen and oxygen atoms in total. The molecule has 1 fully saturated rings. The van der Waals surface area contributed by atoms with Gasteiger partial charge in [0, 0.05) is 17.5 Å². The summed E-state index contributed by atoms with van der Waals surface area (Å²) < 4.78 is 14.7. The molecule has 5 rings (SSSR count). The van der Waals surface area contributed by atoms with Gasteiger partial charge in [0.1, 0.15) is 11.7 Å². The average molecular weight is 606 g/mol. The molecule has 2 heterocycles. The van der Waals surface area contributed by atoms with Crippen molar-refractivity contribution in [1.29, 1.82) is 0 Å². The lowest BCUT2D eigenvalue weighted by Gasteiger charge is -2.43. The molecule has 0 spiro atoms. The number of ether oxygens (including phenoxy) is 1. The molecular formula is C31H32ClN3O4SSi. The molecule has 10 heteroatoms. The first kappa shape index (κ1) is 29.3. The van der Waals surface area contributed by atoms with E-state index in [-0.39, 0.29) is 21.3 Å². The Morgan fingerprint density at radius 1 is 1.02 bits per heavy atom. The molecule has 1 N–H and O–H groups in total. The number of rotatable bonds is 8.